The third kappa shape index (κ3) is 3.47. The van der Waals surface area contributed by atoms with Gasteiger partial charge in [-0.3, -0.25) is 4.79 Å². The van der Waals surface area contributed by atoms with E-state index >= 15 is 0 Å². The SMILES string of the molecule is Cc1ccc(NC(=O)c2ccccc2)c(C#CCN)c1. The van der Waals surface area contributed by atoms with Crippen molar-refractivity contribution in [2.75, 3.05) is 11.9 Å². The van der Waals surface area contributed by atoms with Gasteiger partial charge in [0.25, 0.3) is 5.91 Å². The molecule has 3 nitrogen and oxygen atoms in total. The predicted molar refractivity (Wildman–Crippen MR) is 81.5 cm³/mol. The van der Waals surface area contributed by atoms with Gasteiger partial charge in [0, 0.05) is 11.1 Å². The first-order valence-electron chi connectivity index (χ1n) is 6.36. The zero-order valence-electron chi connectivity index (χ0n) is 11.3. The molecule has 3 N–H and O–H groups in total. The van der Waals surface area contributed by atoms with Crippen molar-refractivity contribution in [3.63, 3.8) is 0 Å². The molecule has 0 saturated carbocycles. The van der Waals surface area contributed by atoms with Crippen LogP contribution in [0.4, 0.5) is 5.69 Å². The third-order valence-electron chi connectivity index (χ3n) is 2.78. The van der Waals surface area contributed by atoms with E-state index in [0.717, 1.165) is 11.1 Å². The summed E-state index contributed by atoms with van der Waals surface area (Å²) in [7, 11) is 0. The lowest BCUT2D eigenvalue weighted by Gasteiger charge is -2.08. The van der Waals surface area contributed by atoms with E-state index in [9.17, 15) is 4.79 Å². The topological polar surface area (TPSA) is 55.1 Å². The molecule has 0 aromatic heterocycles. The van der Waals surface area contributed by atoms with Gasteiger partial charge < -0.3 is 11.1 Å². The largest absolute Gasteiger partial charge is 0.321 e. The monoisotopic (exact) mass is 264 g/mol. The molecule has 100 valence electrons. The zero-order valence-corrected chi connectivity index (χ0v) is 11.3. The highest BCUT2D eigenvalue weighted by Gasteiger charge is 2.07. The molecule has 0 fully saturated rings. The van der Waals surface area contributed by atoms with Gasteiger partial charge >= 0.3 is 0 Å². The Hall–Kier alpha value is -2.57. The van der Waals surface area contributed by atoms with Crippen molar-refractivity contribution in [1.29, 1.82) is 0 Å². The van der Waals surface area contributed by atoms with Crippen LogP contribution in [0.2, 0.25) is 0 Å². The molecule has 2 aromatic rings. The number of amides is 1. The number of nitrogens with two attached hydrogens (primary N) is 1. The zero-order chi connectivity index (χ0) is 14.4. The van der Waals surface area contributed by atoms with Crippen LogP contribution in [0.15, 0.2) is 48.5 Å². The van der Waals surface area contributed by atoms with Crippen LogP contribution in [0.1, 0.15) is 21.5 Å². The van der Waals surface area contributed by atoms with Crippen molar-refractivity contribution in [2.24, 2.45) is 5.73 Å². The average molecular weight is 264 g/mol. The number of hydrogen-bond donors (Lipinski definition) is 2. The van der Waals surface area contributed by atoms with Crippen molar-refractivity contribution in [1.82, 2.24) is 0 Å². The molecule has 0 aliphatic rings. The van der Waals surface area contributed by atoms with E-state index in [0.29, 0.717) is 17.8 Å². The lowest BCUT2D eigenvalue weighted by Crippen LogP contribution is -2.12. The summed E-state index contributed by atoms with van der Waals surface area (Å²) in [5.74, 6) is 5.64. The Bertz CT molecular complexity index is 666. The smallest absolute Gasteiger partial charge is 0.255 e. The number of aryl methyl sites for hydroxylation is 1. The van der Waals surface area contributed by atoms with Crippen LogP contribution in [-0.4, -0.2) is 12.5 Å². The summed E-state index contributed by atoms with van der Waals surface area (Å²) in [6, 6.07) is 14.8. The number of nitrogens with one attached hydrogen (secondary N) is 1. The molecule has 2 rings (SSSR count). The second-order valence-electron chi connectivity index (χ2n) is 4.38. The first-order chi connectivity index (χ1) is 9.70. The van der Waals surface area contributed by atoms with Crippen LogP contribution >= 0.6 is 0 Å². The van der Waals surface area contributed by atoms with Crippen molar-refractivity contribution >= 4 is 11.6 Å². The Morgan fingerprint density at radius 1 is 1.20 bits per heavy atom. The van der Waals surface area contributed by atoms with Crippen LogP contribution < -0.4 is 11.1 Å². The molecule has 0 heterocycles. The van der Waals surface area contributed by atoms with Crippen molar-refractivity contribution in [3.8, 4) is 11.8 Å². The van der Waals surface area contributed by atoms with E-state index in [1.807, 2.05) is 43.3 Å². The highest BCUT2D eigenvalue weighted by molar-refractivity contribution is 6.04. The van der Waals surface area contributed by atoms with Gasteiger partial charge in [0.15, 0.2) is 0 Å². The van der Waals surface area contributed by atoms with Gasteiger partial charge in [-0.2, -0.15) is 0 Å². The average Bonchev–Trinajstić information content (AvgIpc) is 2.48. The van der Waals surface area contributed by atoms with Gasteiger partial charge in [-0.05, 0) is 36.8 Å². The van der Waals surface area contributed by atoms with Crippen molar-refractivity contribution in [2.45, 2.75) is 6.92 Å². The fourth-order valence-corrected chi connectivity index (χ4v) is 1.80. The van der Waals surface area contributed by atoms with Gasteiger partial charge in [0.05, 0.1) is 12.2 Å². The molecule has 0 spiro atoms. The van der Waals surface area contributed by atoms with Crippen LogP contribution in [0.5, 0.6) is 0 Å². The van der Waals surface area contributed by atoms with Gasteiger partial charge in [0.2, 0.25) is 0 Å². The molecule has 1 amide bonds. The number of rotatable bonds is 2. The minimum atomic E-state index is -0.148. The Morgan fingerprint density at radius 3 is 2.65 bits per heavy atom. The normalized spacial score (nSPS) is 9.50. The van der Waals surface area contributed by atoms with Crippen LogP contribution in [0, 0.1) is 18.8 Å². The molecule has 0 aliphatic carbocycles. The lowest BCUT2D eigenvalue weighted by atomic mass is 10.1. The maximum Gasteiger partial charge on any atom is 0.255 e. The summed E-state index contributed by atoms with van der Waals surface area (Å²) >= 11 is 0. The summed E-state index contributed by atoms with van der Waals surface area (Å²) in [6.45, 7) is 2.27. The molecular weight excluding hydrogens is 248 g/mol. The molecule has 0 bridgehead atoms. The molecule has 0 unspecified atom stereocenters. The standard InChI is InChI=1S/C17H16N2O/c1-13-9-10-16(15(12-13)8-5-11-18)19-17(20)14-6-3-2-4-7-14/h2-4,6-7,9-10,12H,11,18H2,1H3,(H,19,20). The van der Waals surface area contributed by atoms with Crippen molar-refractivity contribution in [3.05, 3.63) is 65.2 Å². The quantitative estimate of drug-likeness (QED) is 0.819. The Morgan fingerprint density at radius 2 is 1.95 bits per heavy atom. The molecule has 0 aliphatic heterocycles. The molecule has 0 atom stereocenters. The van der Waals surface area contributed by atoms with Gasteiger partial charge in [-0.25, -0.2) is 0 Å². The van der Waals surface area contributed by atoms with Gasteiger partial charge in [-0.15, -0.1) is 0 Å². The Kier molecular flexibility index (Phi) is 4.54. The lowest BCUT2D eigenvalue weighted by molar-refractivity contribution is 0.102. The van der Waals surface area contributed by atoms with E-state index in [1.165, 1.54) is 0 Å². The van der Waals surface area contributed by atoms with E-state index in [4.69, 9.17) is 5.73 Å². The summed E-state index contributed by atoms with van der Waals surface area (Å²) < 4.78 is 0. The molecule has 2 aromatic carbocycles. The second-order valence-corrected chi connectivity index (χ2v) is 4.38. The van der Waals surface area contributed by atoms with Gasteiger partial charge in [-0.1, -0.05) is 36.1 Å². The maximum absolute atomic E-state index is 12.1. The number of carbonyl (C=O) groups excluding carboxylic acids is 1. The number of hydrogen-bond acceptors (Lipinski definition) is 2. The minimum absolute atomic E-state index is 0.148. The Balaban J connectivity index is 2.27. The molecular formula is C17H16N2O. The molecule has 0 saturated heterocycles. The highest BCUT2D eigenvalue weighted by Crippen LogP contribution is 2.17. The summed E-state index contributed by atoms with van der Waals surface area (Å²) in [4.78, 5) is 12.1. The molecule has 20 heavy (non-hydrogen) atoms. The maximum atomic E-state index is 12.1. The van der Waals surface area contributed by atoms with Crippen LogP contribution in [0.3, 0.4) is 0 Å². The Labute approximate surface area is 118 Å². The molecule has 3 heteroatoms. The number of benzene rings is 2. The molecule has 0 radical (unpaired) electrons. The van der Waals surface area contributed by atoms with E-state index in [1.54, 1.807) is 12.1 Å². The van der Waals surface area contributed by atoms with E-state index < -0.39 is 0 Å². The third-order valence-corrected chi connectivity index (χ3v) is 2.78. The predicted octanol–water partition coefficient (Wildman–Crippen LogP) is 2.56. The fraction of sp³-hybridized carbons (Fsp3) is 0.118. The number of anilines is 1. The first kappa shape index (κ1) is 13.9. The van der Waals surface area contributed by atoms with E-state index in [-0.39, 0.29) is 5.91 Å². The van der Waals surface area contributed by atoms with E-state index in [2.05, 4.69) is 17.2 Å². The summed E-state index contributed by atoms with van der Waals surface area (Å²) in [5.41, 5.74) is 8.58. The van der Waals surface area contributed by atoms with Crippen LogP contribution in [-0.2, 0) is 0 Å². The van der Waals surface area contributed by atoms with Crippen LogP contribution in [0.25, 0.3) is 0 Å². The first-order valence-corrected chi connectivity index (χ1v) is 6.36. The fourth-order valence-electron chi connectivity index (χ4n) is 1.80. The second kappa shape index (κ2) is 6.55. The van der Waals surface area contributed by atoms with Crippen molar-refractivity contribution < 1.29 is 4.79 Å². The summed E-state index contributed by atoms with van der Waals surface area (Å²) in [6.07, 6.45) is 0. The highest BCUT2D eigenvalue weighted by atomic mass is 16.1. The minimum Gasteiger partial charge on any atom is -0.321 e. The number of carbonyl (C=O) groups is 1. The van der Waals surface area contributed by atoms with Gasteiger partial charge in [0.1, 0.15) is 0 Å². The summed E-state index contributed by atoms with van der Waals surface area (Å²) in [5, 5.41) is 2.88.